The average molecular weight is 324 g/mol. The second-order valence-corrected chi connectivity index (χ2v) is 6.93. The van der Waals surface area contributed by atoms with Crippen LogP contribution in [0.2, 0.25) is 0 Å². The van der Waals surface area contributed by atoms with E-state index in [1.54, 1.807) is 12.1 Å². The summed E-state index contributed by atoms with van der Waals surface area (Å²) >= 11 is 1.14. The highest BCUT2D eigenvalue weighted by Crippen LogP contribution is 2.32. The highest BCUT2D eigenvalue weighted by molar-refractivity contribution is 7.15. The van der Waals surface area contributed by atoms with E-state index in [4.69, 9.17) is 15.2 Å². The molecule has 2 aliphatic rings. The molecule has 3 heterocycles. The van der Waals surface area contributed by atoms with Crippen LogP contribution in [0.15, 0.2) is 12.1 Å². The third-order valence-electron chi connectivity index (χ3n) is 4.19. The summed E-state index contributed by atoms with van der Waals surface area (Å²) in [5, 5.41) is 0. The molecule has 7 heteroatoms. The molecule has 2 fully saturated rings. The van der Waals surface area contributed by atoms with E-state index in [1.807, 2.05) is 4.90 Å². The quantitative estimate of drug-likeness (QED) is 0.907. The maximum atomic E-state index is 12.7. The Kier molecular flexibility index (Phi) is 4.20. The van der Waals surface area contributed by atoms with Crippen LogP contribution in [-0.2, 0) is 9.47 Å². The van der Waals surface area contributed by atoms with E-state index < -0.39 is 5.91 Å². The summed E-state index contributed by atoms with van der Waals surface area (Å²) in [6.45, 7) is 4.36. The number of carbonyl (C=O) groups excluding carboxylic acids is 2. The van der Waals surface area contributed by atoms with Gasteiger partial charge in [0, 0.05) is 19.6 Å². The van der Waals surface area contributed by atoms with E-state index in [9.17, 15) is 9.59 Å². The third kappa shape index (κ3) is 2.88. The van der Waals surface area contributed by atoms with Crippen molar-refractivity contribution in [2.75, 3.05) is 26.3 Å². The predicted octanol–water partition coefficient (Wildman–Crippen LogP) is 1.26. The number of morpholine rings is 1. The number of thiophene rings is 1. The van der Waals surface area contributed by atoms with Crippen LogP contribution < -0.4 is 5.73 Å². The monoisotopic (exact) mass is 324 g/mol. The largest absolute Gasteiger partial charge is 0.378 e. The Hall–Kier alpha value is -1.44. The number of rotatable bonds is 3. The number of ether oxygens (including phenoxy) is 2. The molecule has 1 aromatic rings. The number of hydrogen-bond acceptors (Lipinski definition) is 5. The molecule has 120 valence electrons. The molecule has 1 aromatic heterocycles. The number of primary amides is 1. The van der Waals surface area contributed by atoms with Crippen LogP contribution >= 0.6 is 11.3 Å². The average Bonchev–Trinajstić information content (AvgIpc) is 3.15. The van der Waals surface area contributed by atoms with Gasteiger partial charge in [0.2, 0.25) is 0 Å². The molecule has 0 radical (unpaired) electrons. The fourth-order valence-electron chi connectivity index (χ4n) is 3.00. The highest BCUT2D eigenvalue weighted by atomic mass is 32.1. The molecule has 2 atom stereocenters. The van der Waals surface area contributed by atoms with Crippen molar-refractivity contribution in [3.63, 3.8) is 0 Å². The first-order valence-electron chi connectivity index (χ1n) is 7.47. The summed E-state index contributed by atoms with van der Waals surface area (Å²) in [7, 11) is 0. The molecule has 22 heavy (non-hydrogen) atoms. The van der Waals surface area contributed by atoms with Gasteiger partial charge in [-0.3, -0.25) is 9.59 Å². The minimum Gasteiger partial charge on any atom is -0.378 e. The SMILES string of the molecule is CCC1CN(C(=O)c2ccc(C(N)=O)s2)CC2(CCOC2)O1. The van der Waals surface area contributed by atoms with Gasteiger partial charge in [0.25, 0.3) is 11.8 Å². The lowest BCUT2D eigenvalue weighted by atomic mass is 9.98. The van der Waals surface area contributed by atoms with Gasteiger partial charge in [0.05, 0.1) is 29.0 Å². The lowest BCUT2D eigenvalue weighted by molar-refractivity contribution is -0.145. The Balaban J connectivity index is 1.79. The lowest BCUT2D eigenvalue weighted by Gasteiger charge is -2.43. The van der Waals surface area contributed by atoms with Crippen LogP contribution in [0, 0.1) is 0 Å². The van der Waals surface area contributed by atoms with E-state index in [1.165, 1.54) is 0 Å². The Bertz CT molecular complexity index is 580. The number of nitrogens with zero attached hydrogens (tertiary/aromatic N) is 1. The Labute approximate surface area is 133 Å². The maximum Gasteiger partial charge on any atom is 0.264 e. The van der Waals surface area contributed by atoms with Crippen LogP contribution in [0.1, 0.15) is 39.1 Å². The van der Waals surface area contributed by atoms with Crippen LogP contribution in [0.25, 0.3) is 0 Å². The maximum absolute atomic E-state index is 12.7. The van der Waals surface area contributed by atoms with Gasteiger partial charge >= 0.3 is 0 Å². The summed E-state index contributed by atoms with van der Waals surface area (Å²) < 4.78 is 11.6. The second kappa shape index (κ2) is 5.98. The fourth-order valence-corrected chi connectivity index (χ4v) is 3.83. The molecular weight excluding hydrogens is 304 g/mol. The number of carbonyl (C=O) groups is 2. The first-order chi connectivity index (χ1) is 10.5. The molecule has 0 aliphatic carbocycles. The first-order valence-corrected chi connectivity index (χ1v) is 8.29. The first kappa shape index (κ1) is 15.5. The van der Waals surface area contributed by atoms with Crippen LogP contribution in [0.5, 0.6) is 0 Å². The van der Waals surface area contributed by atoms with Gasteiger partial charge < -0.3 is 20.1 Å². The number of amides is 2. The summed E-state index contributed by atoms with van der Waals surface area (Å²) in [5.41, 5.74) is 4.88. The third-order valence-corrected chi connectivity index (χ3v) is 5.28. The van der Waals surface area contributed by atoms with E-state index in [0.29, 0.717) is 36.1 Å². The van der Waals surface area contributed by atoms with E-state index in [-0.39, 0.29) is 17.6 Å². The Morgan fingerprint density at radius 1 is 1.45 bits per heavy atom. The summed E-state index contributed by atoms with van der Waals surface area (Å²) in [6, 6.07) is 3.27. The minimum atomic E-state index is -0.502. The zero-order chi connectivity index (χ0) is 15.7. The zero-order valence-corrected chi connectivity index (χ0v) is 13.4. The van der Waals surface area contributed by atoms with Crippen molar-refractivity contribution >= 4 is 23.2 Å². The predicted molar refractivity (Wildman–Crippen MR) is 82.1 cm³/mol. The zero-order valence-electron chi connectivity index (χ0n) is 12.5. The summed E-state index contributed by atoms with van der Waals surface area (Å²) in [5.74, 6) is -0.566. The summed E-state index contributed by atoms with van der Waals surface area (Å²) in [6.07, 6.45) is 1.68. The summed E-state index contributed by atoms with van der Waals surface area (Å²) in [4.78, 5) is 26.7. The molecule has 2 unspecified atom stereocenters. The topological polar surface area (TPSA) is 81.9 Å². The van der Waals surface area contributed by atoms with Gasteiger partial charge in [-0.25, -0.2) is 0 Å². The standard InChI is InChI=1S/C15H20N2O4S/c1-2-10-7-17(8-15(21-10)5-6-20-9-15)14(19)12-4-3-11(22-12)13(16)18/h3-4,10H,2,5-9H2,1H3,(H2,16,18). The van der Waals surface area contributed by atoms with Crippen molar-refractivity contribution in [1.82, 2.24) is 4.90 Å². The molecule has 0 aromatic carbocycles. The molecule has 0 bridgehead atoms. The van der Waals surface area contributed by atoms with Crippen LogP contribution in [-0.4, -0.2) is 54.7 Å². The number of hydrogen-bond donors (Lipinski definition) is 1. The van der Waals surface area contributed by atoms with Crippen molar-refractivity contribution in [1.29, 1.82) is 0 Å². The molecule has 3 rings (SSSR count). The van der Waals surface area contributed by atoms with Gasteiger partial charge in [0.15, 0.2) is 0 Å². The number of nitrogens with two attached hydrogens (primary N) is 1. The van der Waals surface area contributed by atoms with Crippen molar-refractivity contribution in [3.05, 3.63) is 21.9 Å². The van der Waals surface area contributed by atoms with Crippen molar-refractivity contribution in [3.8, 4) is 0 Å². The molecule has 2 N–H and O–H groups in total. The molecule has 1 spiro atoms. The van der Waals surface area contributed by atoms with E-state index in [0.717, 1.165) is 24.2 Å². The van der Waals surface area contributed by atoms with Gasteiger partial charge in [-0.15, -0.1) is 11.3 Å². The van der Waals surface area contributed by atoms with Crippen LogP contribution in [0.4, 0.5) is 0 Å². The smallest absolute Gasteiger partial charge is 0.264 e. The molecule has 2 aliphatic heterocycles. The Morgan fingerprint density at radius 3 is 2.82 bits per heavy atom. The lowest BCUT2D eigenvalue weighted by Crippen LogP contribution is -2.57. The normalized spacial score (nSPS) is 28.2. The molecule has 2 amide bonds. The van der Waals surface area contributed by atoms with Crippen molar-refractivity contribution in [2.24, 2.45) is 5.73 Å². The van der Waals surface area contributed by atoms with E-state index in [2.05, 4.69) is 6.92 Å². The Morgan fingerprint density at radius 2 is 2.23 bits per heavy atom. The van der Waals surface area contributed by atoms with Gasteiger partial charge in [-0.1, -0.05) is 6.92 Å². The molecule has 2 saturated heterocycles. The van der Waals surface area contributed by atoms with Crippen molar-refractivity contribution < 1.29 is 19.1 Å². The molecule has 6 nitrogen and oxygen atoms in total. The molecular formula is C15H20N2O4S. The molecule has 0 saturated carbocycles. The second-order valence-electron chi connectivity index (χ2n) is 5.85. The van der Waals surface area contributed by atoms with Gasteiger partial charge in [-0.05, 0) is 18.6 Å². The van der Waals surface area contributed by atoms with Crippen molar-refractivity contribution in [2.45, 2.75) is 31.5 Å². The minimum absolute atomic E-state index is 0.0231. The van der Waals surface area contributed by atoms with Gasteiger partial charge in [-0.2, -0.15) is 0 Å². The fraction of sp³-hybridized carbons (Fsp3) is 0.600. The van der Waals surface area contributed by atoms with Gasteiger partial charge in [0.1, 0.15) is 5.60 Å². The van der Waals surface area contributed by atoms with Crippen LogP contribution in [0.3, 0.4) is 0 Å². The highest BCUT2D eigenvalue weighted by Gasteiger charge is 2.44. The van der Waals surface area contributed by atoms with E-state index >= 15 is 0 Å².